The summed E-state index contributed by atoms with van der Waals surface area (Å²) in [5, 5.41) is 14.9. The van der Waals surface area contributed by atoms with Gasteiger partial charge in [-0.1, -0.05) is 13.3 Å². The van der Waals surface area contributed by atoms with Gasteiger partial charge in [-0.2, -0.15) is 5.06 Å². The average Bonchev–Trinajstić information content (AvgIpc) is 3.18. The van der Waals surface area contributed by atoms with E-state index in [1.54, 1.807) is 12.4 Å². The third-order valence-electron chi connectivity index (χ3n) is 7.59. The Morgan fingerprint density at radius 1 is 1.10 bits per heavy atom. The van der Waals surface area contributed by atoms with E-state index in [1.165, 1.54) is 22.9 Å². The standard InChI is InChI=1S/C30H38N8O/c1-6-8-24-30-20(2)28(19-39-38-13-11-36(4)12-14-38)37(5)27(30)16-29(34-24)35-26-15-25(22-9-7-10-32-18-22)33-21(3)23(26)17-31/h7,9-10,15-18,31H,6,8,11-14,19H2,1-5H3,(H,33,34,35). The van der Waals surface area contributed by atoms with Crippen molar-refractivity contribution >= 4 is 28.6 Å². The van der Waals surface area contributed by atoms with Gasteiger partial charge in [0.1, 0.15) is 12.4 Å². The zero-order chi connectivity index (χ0) is 27.5. The first-order valence-electron chi connectivity index (χ1n) is 13.6. The minimum atomic E-state index is 0.533. The molecule has 9 heteroatoms. The molecule has 0 unspecified atom stereocenters. The monoisotopic (exact) mass is 526 g/mol. The Morgan fingerprint density at radius 2 is 1.90 bits per heavy atom. The molecule has 1 saturated heterocycles. The Balaban J connectivity index is 1.51. The van der Waals surface area contributed by atoms with Crippen molar-refractivity contribution in [3.05, 3.63) is 64.9 Å². The van der Waals surface area contributed by atoms with Crippen LogP contribution in [0.4, 0.5) is 11.5 Å². The van der Waals surface area contributed by atoms with Crippen molar-refractivity contribution < 1.29 is 4.84 Å². The van der Waals surface area contributed by atoms with E-state index in [4.69, 9.17) is 20.2 Å². The number of pyridine rings is 3. The van der Waals surface area contributed by atoms with E-state index in [-0.39, 0.29) is 0 Å². The highest BCUT2D eigenvalue weighted by Crippen LogP contribution is 2.33. The lowest BCUT2D eigenvalue weighted by molar-refractivity contribution is -0.185. The number of aromatic nitrogens is 4. The summed E-state index contributed by atoms with van der Waals surface area (Å²) in [4.78, 5) is 22.6. The van der Waals surface area contributed by atoms with Crippen molar-refractivity contribution in [3.63, 3.8) is 0 Å². The van der Waals surface area contributed by atoms with Gasteiger partial charge >= 0.3 is 0 Å². The molecular formula is C30H38N8O. The number of fused-ring (bicyclic) bond motifs is 1. The van der Waals surface area contributed by atoms with Crippen molar-refractivity contribution in [1.29, 1.82) is 5.41 Å². The Morgan fingerprint density at radius 3 is 2.59 bits per heavy atom. The van der Waals surface area contributed by atoms with Crippen molar-refractivity contribution in [3.8, 4) is 11.3 Å². The summed E-state index contributed by atoms with van der Waals surface area (Å²) in [6.45, 7) is 10.7. The maximum absolute atomic E-state index is 8.05. The molecule has 4 aromatic heterocycles. The molecule has 1 aliphatic heterocycles. The fourth-order valence-electron chi connectivity index (χ4n) is 5.32. The number of aryl methyl sites for hydroxylation is 4. The summed E-state index contributed by atoms with van der Waals surface area (Å²) >= 11 is 0. The van der Waals surface area contributed by atoms with E-state index in [0.717, 1.165) is 84.3 Å². The summed E-state index contributed by atoms with van der Waals surface area (Å²) in [5.41, 5.74) is 8.65. The first-order chi connectivity index (χ1) is 18.9. The molecule has 0 radical (unpaired) electrons. The smallest absolute Gasteiger partial charge is 0.132 e. The number of likely N-dealkylation sites (N-methyl/N-ethyl adjacent to an activating group) is 1. The summed E-state index contributed by atoms with van der Waals surface area (Å²) in [5.74, 6) is 0.754. The number of nitrogens with one attached hydrogen (secondary N) is 2. The third kappa shape index (κ3) is 5.56. The van der Waals surface area contributed by atoms with Crippen LogP contribution >= 0.6 is 0 Å². The second-order valence-electron chi connectivity index (χ2n) is 10.3. The number of piperazine rings is 1. The molecule has 204 valence electrons. The normalized spacial score (nSPS) is 14.7. The lowest BCUT2D eigenvalue weighted by Crippen LogP contribution is -2.44. The molecule has 4 aromatic rings. The fourth-order valence-corrected chi connectivity index (χ4v) is 5.32. The van der Waals surface area contributed by atoms with Gasteiger partial charge in [0, 0.05) is 85.8 Å². The molecule has 1 aliphatic rings. The Hall–Kier alpha value is -3.66. The van der Waals surface area contributed by atoms with E-state index >= 15 is 0 Å². The molecule has 0 aromatic carbocycles. The predicted molar refractivity (Wildman–Crippen MR) is 157 cm³/mol. The van der Waals surface area contributed by atoms with E-state index < -0.39 is 0 Å². The number of hydrogen-bond acceptors (Lipinski definition) is 8. The molecule has 0 aliphatic carbocycles. The van der Waals surface area contributed by atoms with Gasteiger partial charge in [-0.3, -0.25) is 14.8 Å². The van der Waals surface area contributed by atoms with Crippen LogP contribution in [0.5, 0.6) is 0 Å². The second-order valence-corrected chi connectivity index (χ2v) is 10.3. The number of nitrogens with zero attached hydrogens (tertiary/aromatic N) is 6. The summed E-state index contributed by atoms with van der Waals surface area (Å²) in [7, 11) is 4.26. The van der Waals surface area contributed by atoms with Crippen LogP contribution in [0.25, 0.3) is 22.2 Å². The topological polar surface area (TPSA) is 95.2 Å². The summed E-state index contributed by atoms with van der Waals surface area (Å²) in [6, 6.07) is 7.97. The highest BCUT2D eigenvalue weighted by atomic mass is 16.7. The first kappa shape index (κ1) is 26.9. The van der Waals surface area contributed by atoms with Crippen LogP contribution in [-0.2, 0) is 24.9 Å². The zero-order valence-corrected chi connectivity index (χ0v) is 23.6. The van der Waals surface area contributed by atoms with Gasteiger partial charge in [0.25, 0.3) is 0 Å². The first-order valence-corrected chi connectivity index (χ1v) is 13.6. The van der Waals surface area contributed by atoms with E-state index in [1.807, 2.05) is 25.1 Å². The fraction of sp³-hybridized carbons (Fsp3) is 0.400. The van der Waals surface area contributed by atoms with Crippen LogP contribution < -0.4 is 5.32 Å². The number of anilines is 2. The highest BCUT2D eigenvalue weighted by molar-refractivity contribution is 5.92. The molecule has 0 atom stereocenters. The van der Waals surface area contributed by atoms with Crippen LogP contribution in [0, 0.1) is 19.3 Å². The van der Waals surface area contributed by atoms with Gasteiger partial charge < -0.3 is 20.2 Å². The van der Waals surface area contributed by atoms with Crippen molar-refractivity contribution in [1.82, 2.24) is 29.5 Å². The molecule has 39 heavy (non-hydrogen) atoms. The van der Waals surface area contributed by atoms with Gasteiger partial charge in [0.15, 0.2) is 0 Å². The largest absolute Gasteiger partial charge is 0.345 e. The average molecular weight is 527 g/mol. The molecule has 0 amide bonds. The lowest BCUT2D eigenvalue weighted by Gasteiger charge is -2.31. The van der Waals surface area contributed by atoms with Crippen molar-refractivity contribution in [2.24, 2.45) is 7.05 Å². The zero-order valence-electron chi connectivity index (χ0n) is 23.6. The van der Waals surface area contributed by atoms with Gasteiger partial charge in [-0.15, -0.1) is 0 Å². The van der Waals surface area contributed by atoms with Gasteiger partial charge in [-0.05, 0) is 51.1 Å². The van der Waals surface area contributed by atoms with Crippen LogP contribution in [0.15, 0.2) is 36.7 Å². The van der Waals surface area contributed by atoms with E-state index in [0.29, 0.717) is 6.61 Å². The maximum atomic E-state index is 8.05. The predicted octanol–water partition coefficient (Wildman–Crippen LogP) is 5.02. The van der Waals surface area contributed by atoms with Gasteiger partial charge in [0.05, 0.1) is 22.6 Å². The SMILES string of the molecule is CCCc1nc(Nc2cc(-c3cccnc3)nc(C)c2C=N)cc2c1c(C)c(CON1CCN(C)CC1)n2C. The van der Waals surface area contributed by atoms with Crippen LogP contribution in [-0.4, -0.2) is 68.9 Å². The molecule has 0 spiro atoms. The minimum absolute atomic E-state index is 0.533. The third-order valence-corrected chi connectivity index (χ3v) is 7.59. The van der Waals surface area contributed by atoms with Crippen LogP contribution in [0.2, 0.25) is 0 Å². The van der Waals surface area contributed by atoms with Crippen molar-refractivity contribution in [2.75, 3.05) is 38.5 Å². The maximum Gasteiger partial charge on any atom is 0.132 e. The highest BCUT2D eigenvalue weighted by Gasteiger charge is 2.20. The Kier molecular flexibility index (Phi) is 8.02. The summed E-state index contributed by atoms with van der Waals surface area (Å²) < 4.78 is 2.24. The number of rotatable bonds is 9. The summed E-state index contributed by atoms with van der Waals surface area (Å²) in [6.07, 6.45) is 6.78. The molecule has 5 heterocycles. The van der Waals surface area contributed by atoms with E-state index in [9.17, 15) is 0 Å². The number of hydroxylamine groups is 2. The molecule has 0 bridgehead atoms. The molecule has 2 N–H and O–H groups in total. The lowest BCUT2D eigenvalue weighted by atomic mass is 10.1. The molecule has 9 nitrogen and oxygen atoms in total. The quantitative estimate of drug-likeness (QED) is 0.296. The van der Waals surface area contributed by atoms with Crippen LogP contribution in [0.3, 0.4) is 0 Å². The second kappa shape index (κ2) is 11.6. The Labute approximate surface area is 230 Å². The Bertz CT molecular complexity index is 1470. The minimum Gasteiger partial charge on any atom is -0.345 e. The molecular weight excluding hydrogens is 488 g/mol. The van der Waals surface area contributed by atoms with Crippen LogP contribution in [0.1, 0.15) is 41.6 Å². The molecule has 5 rings (SSSR count). The van der Waals surface area contributed by atoms with Gasteiger partial charge in [-0.25, -0.2) is 4.98 Å². The van der Waals surface area contributed by atoms with E-state index in [2.05, 4.69) is 58.8 Å². The van der Waals surface area contributed by atoms with Crippen molar-refractivity contribution in [2.45, 2.75) is 40.2 Å². The van der Waals surface area contributed by atoms with Gasteiger partial charge in [0.2, 0.25) is 0 Å². The number of hydrogen-bond donors (Lipinski definition) is 2. The molecule has 1 fully saturated rings. The molecule has 0 saturated carbocycles.